The third-order valence-electron chi connectivity index (χ3n) is 14.8. The fourth-order valence-electron chi connectivity index (χ4n) is 10.4. The summed E-state index contributed by atoms with van der Waals surface area (Å²) in [5, 5.41) is 57.3. The number of phenolic OH excluding ortho intramolecular Hbond substituents is 1. The first-order valence-electron chi connectivity index (χ1n) is 22.0. The Balaban J connectivity index is 1.25. The molecule has 4 fully saturated rings. The number of fused-ring (bicyclic) bond motifs is 4. The summed E-state index contributed by atoms with van der Waals surface area (Å²) in [6.45, 7) is 10.3. The Bertz CT molecular complexity index is 2510. The number of hydrogen-bond acceptors (Lipinski definition) is 19. The summed E-state index contributed by atoms with van der Waals surface area (Å²) in [6, 6.07) is 4.93. The Morgan fingerprint density at radius 1 is 0.848 bits per heavy atom. The van der Waals surface area contributed by atoms with Crippen LogP contribution >= 0.6 is 0 Å². The fraction of sp³-hybridized carbons (Fsp3) is 0.617. The van der Waals surface area contributed by atoms with Gasteiger partial charge in [-0.1, -0.05) is 6.07 Å². The summed E-state index contributed by atoms with van der Waals surface area (Å²) in [6.07, 6.45) is -12.6. The second kappa shape index (κ2) is 17.1. The van der Waals surface area contributed by atoms with E-state index in [0.717, 1.165) is 19.2 Å². The van der Waals surface area contributed by atoms with E-state index in [2.05, 4.69) is 0 Å². The van der Waals surface area contributed by atoms with Crippen molar-refractivity contribution >= 4 is 28.5 Å². The van der Waals surface area contributed by atoms with Gasteiger partial charge in [0.25, 0.3) is 0 Å². The molecular formula is C47H59NO18. The van der Waals surface area contributed by atoms with Crippen molar-refractivity contribution in [3.05, 3.63) is 73.6 Å². The normalized spacial score (nSPS) is 37.6. The maximum atomic E-state index is 15.1. The number of methoxy groups -OCH3 is 3. The molecule has 0 bridgehead atoms. The molecule has 3 unspecified atom stereocenters. The van der Waals surface area contributed by atoms with Crippen LogP contribution in [0.5, 0.6) is 5.75 Å². The minimum absolute atomic E-state index is 0.0334. The van der Waals surface area contributed by atoms with Crippen molar-refractivity contribution in [3.63, 3.8) is 0 Å². The molecule has 5 N–H and O–H groups in total. The zero-order chi connectivity index (χ0) is 48.3. The molecule has 0 saturated carbocycles. The van der Waals surface area contributed by atoms with Gasteiger partial charge >= 0.3 is 5.97 Å². The summed E-state index contributed by atoms with van der Waals surface area (Å²) in [5.74, 6) is -3.77. The van der Waals surface area contributed by atoms with E-state index in [-0.39, 0.29) is 29.7 Å². The molecule has 1 aliphatic carbocycles. The highest BCUT2D eigenvalue weighted by Crippen LogP contribution is 2.50. The van der Waals surface area contributed by atoms with Gasteiger partial charge in [0, 0.05) is 54.5 Å². The molecule has 19 heteroatoms. The van der Waals surface area contributed by atoms with Crippen molar-refractivity contribution in [2.24, 2.45) is 0 Å². The number of rotatable bonds is 10. The van der Waals surface area contributed by atoms with Gasteiger partial charge in [-0.05, 0) is 74.2 Å². The van der Waals surface area contributed by atoms with E-state index >= 15 is 4.79 Å². The standard InChI is InChI=1S/C47H59NO18/c1-18-34(50)27(58-9)16-30(62-18)65-42-20(3)61-28(17-45(42,5)48(7)8)22-12-13-23-31(37(22)53)38(54)32-24(36(23)52)14-25(33-26(49)15-29(64-40(32)33)46(6)21(4)66-46)47(57,44(56)60-11)43-39(55)41(59-10)35(51)19(2)63-43/h12-15,18-21,27-28,30,34-35,39,41-43,50-51,53,55,57H,16-17H2,1-11H3/t18-,19-,20+,21?,27+,28-,30-,34-,35-,39+,41-,42-,43+,45+,46?,47?/m1/s1. The molecule has 0 spiro atoms. The van der Waals surface area contributed by atoms with Gasteiger partial charge in [0.1, 0.15) is 53.7 Å². The van der Waals surface area contributed by atoms with Gasteiger partial charge in [-0.15, -0.1) is 0 Å². The minimum atomic E-state index is -3.10. The van der Waals surface area contributed by atoms with E-state index in [0.29, 0.717) is 0 Å². The van der Waals surface area contributed by atoms with E-state index < -0.39 is 158 Å². The number of ketones is 2. The molecule has 16 atom stereocenters. The Morgan fingerprint density at radius 2 is 1.52 bits per heavy atom. The molecule has 4 aliphatic heterocycles. The third kappa shape index (κ3) is 7.25. The van der Waals surface area contributed by atoms with Crippen LogP contribution < -0.4 is 5.43 Å². The molecule has 5 heterocycles. The number of esters is 1. The number of epoxide rings is 1. The Labute approximate surface area is 380 Å². The molecule has 0 amide bonds. The van der Waals surface area contributed by atoms with Gasteiger partial charge in [0.15, 0.2) is 23.1 Å². The summed E-state index contributed by atoms with van der Waals surface area (Å²) in [7, 11) is 7.41. The van der Waals surface area contributed by atoms with Gasteiger partial charge in [-0.25, -0.2) is 4.79 Å². The van der Waals surface area contributed by atoms with Gasteiger partial charge in [-0.3, -0.25) is 14.4 Å². The average Bonchev–Trinajstić information content (AvgIpc) is 3.91. The first-order chi connectivity index (χ1) is 31.0. The van der Waals surface area contributed by atoms with Crippen LogP contribution in [0.3, 0.4) is 0 Å². The number of carbonyl (C=O) groups excluding carboxylic acids is 3. The third-order valence-corrected chi connectivity index (χ3v) is 14.8. The van der Waals surface area contributed by atoms with E-state index in [1.54, 1.807) is 20.8 Å². The Morgan fingerprint density at radius 3 is 2.12 bits per heavy atom. The zero-order valence-corrected chi connectivity index (χ0v) is 38.7. The lowest BCUT2D eigenvalue weighted by atomic mass is 9.74. The summed E-state index contributed by atoms with van der Waals surface area (Å²) >= 11 is 0. The van der Waals surface area contributed by atoms with E-state index in [1.165, 1.54) is 33.3 Å². The van der Waals surface area contributed by atoms with Crippen LogP contribution in [0, 0.1) is 0 Å². The number of aliphatic hydroxyl groups excluding tert-OH is 3. The van der Waals surface area contributed by atoms with Gasteiger partial charge < -0.3 is 72.7 Å². The quantitative estimate of drug-likeness (QED) is 0.112. The average molecular weight is 926 g/mol. The predicted molar refractivity (Wildman–Crippen MR) is 229 cm³/mol. The number of likely N-dealkylation sites (N-methyl/N-ethyl adjacent to an activating group) is 1. The van der Waals surface area contributed by atoms with Crippen LogP contribution in [0.25, 0.3) is 11.0 Å². The topological polar surface area (TPSA) is 263 Å². The highest BCUT2D eigenvalue weighted by atomic mass is 16.7. The molecule has 3 aromatic rings. The number of carbonyl (C=O) groups is 3. The molecule has 360 valence electrons. The van der Waals surface area contributed by atoms with Crippen molar-refractivity contribution in [1.82, 2.24) is 4.90 Å². The molecule has 1 aromatic heterocycles. The second-order valence-electron chi connectivity index (χ2n) is 18.8. The summed E-state index contributed by atoms with van der Waals surface area (Å²) in [5.41, 5.74) is -8.32. The first kappa shape index (κ1) is 48.2. The fourth-order valence-corrected chi connectivity index (χ4v) is 10.4. The van der Waals surface area contributed by atoms with Crippen molar-refractivity contribution in [2.45, 2.75) is 151 Å². The number of benzene rings is 2. The molecule has 8 rings (SSSR count). The number of hydrogen-bond donors (Lipinski definition) is 5. The van der Waals surface area contributed by atoms with Crippen LogP contribution in [0.2, 0.25) is 0 Å². The Kier molecular flexibility index (Phi) is 12.5. The maximum Gasteiger partial charge on any atom is 0.345 e. The predicted octanol–water partition coefficient (Wildman–Crippen LogP) is 1.86. The Hall–Kier alpha value is -4.22. The largest absolute Gasteiger partial charge is 0.507 e. The molecule has 0 radical (unpaired) electrons. The van der Waals surface area contributed by atoms with Gasteiger partial charge in [0.05, 0.1) is 60.2 Å². The molecule has 5 aliphatic rings. The van der Waals surface area contributed by atoms with Gasteiger partial charge in [-0.2, -0.15) is 0 Å². The SMILES string of the molecule is COC(=O)C(O)(c1cc2c(c3oc(C4(C)OC4C)cc(=O)c13)C(=O)c1c(ccc([C@H]3C[C@](C)(N(C)C)[C@H](O[C@@H]4C[C@H](OC)[C@H](O)[C@@H](C)O4)[C@H](C)O3)c1O)C2=O)[C@H]1O[C@H](C)[C@@H](O)[C@@H](OC)[C@@H]1O. The van der Waals surface area contributed by atoms with Crippen molar-refractivity contribution in [2.75, 3.05) is 35.4 Å². The zero-order valence-electron chi connectivity index (χ0n) is 38.7. The molecular weight excluding hydrogens is 867 g/mol. The van der Waals surface area contributed by atoms with Crippen LogP contribution in [0.15, 0.2) is 33.5 Å². The van der Waals surface area contributed by atoms with Crippen LogP contribution in [0.1, 0.15) is 109 Å². The lowest BCUT2D eigenvalue weighted by Gasteiger charge is -2.52. The van der Waals surface area contributed by atoms with Crippen LogP contribution in [-0.4, -0.2) is 162 Å². The minimum Gasteiger partial charge on any atom is -0.507 e. The van der Waals surface area contributed by atoms with Crippen LogP contribution in [0.4, 0.5) is 0 Å². The van der Waals surface area contributed by atoms with Gasteiger partial charge in [0.2, 0.25) is 11.4 Å². The van der Waals surface area contributed by atoms with Crippen LogP contribution in [-0.2, 0) is 53.9 Å². The number of nitrogens with zero attached hydrogens (tertiary/aromatic N) is 1. The molecule has 4 saturated heterocycles. The maximum absolute atomic E-state index is 15.1. The number of aliphatic hydroxyl groups is 4. The van der Waals surface area contributed by atoms with E-state index in [4.69, 9.17) is 42.3 Å². The molecule has 66 heavy (non-hydrogen) atoms. The molecule has 2 aromatic carbocycles. The highest BCUT2D eigenvalue weighted by molar-refractivity contribution is 6.32. The lowest BCUT2D eigenvalue weighted by molar-refractivity contribution is -0.300. The van der Waals surface area contributed by atoms with Crippen molar-refractivity contribution in [1.29, 1.82) is 0 Å². The number of aromatic hydroxyl groups is 1. The second-order valence-corrected chi connectivity index (χ2v) is 18.8. The lowest BCUT2D eigenvalue weighted by Crippen LogP contribution is -2.65. The highest BCUT2D eigenvalue weighted by Gasteiger charge is 2.60. The summed E-state index contributed by atoms with van der Waals surface area (Å²) in [4.78, 5) is 60.5. The number of ether oxygens (including phenoxy) is 8. The monoisotopic (exact) mass is 925 g/mol. The first-order valence-corrected chi connectivity index (χ1v) is 22.0. The van der Waals surface area contributed by atoms with Crippen molar-refractivity contribution in [3.8, 4) is 5.75 Å². The van der Waals surface area contributed by atoms with Crippen molar-refractivity contribution < 1.29 is 82.2 Å². The smallest absolute Gasteiger partial charge is 0.345 e. The van der Waals surface area contributed by atoms with E-state index in [9.17, 15) is 39.9 Å². The number of phenols is 1. The molecule has 19 nitrogen and oxygen atoms in total. The van der Waals surface area contributed by atoms with E-state index in [1.807, 2.05) is 32.8 Å². The summed E-state index contributed by atoms with van der Waals surface area (Å²) < 4.78 is 53.2.